The summed E-state index contributed by atoms with van der Waals surface area (Å²) >= 11 is 2.98. The normalized spacial score (nSPS) is 11.7. The van der Waals surface area contributed by atoms with E-state index in [0.717, 1.165) is 6.07 Å². The number of halogens is 3. The van der Waals surface area contributed by atoms with E-state index in [1.165, 1.54) is 13.0 Å². The van der Waals surface area contributed by atoms with Gasteiger partial charge in [0.2, 0.25) is 5.82 Å². The van der Waals surface area contributed by atoms with Crippen molar-refractivity contribution in [1.29, 1.82) is 0 Å². The van der Waals surface area contributed by atoms with Crippen LogP contribution in [0.4, 0.5) is 13.6 Å². The molecule has 0 aromatic heterocycles. The zero-order valence-corrected chi connectivity index (χ0v) is 12.4. The van der Waals surface area contributed by atoms with E-state index in [1.807, 2.05) is 5.32 Å². The van der Waals surface area contributed by atoms with Crippen molar-refractivity contribution in [2.24, 2.45) is 0 Å². The first-order chi connectivity index (χ1) is 9.35. The Labute approximate surface area is 122 Å². The molecule has 1 atom stereocenters. The predicted molar refractivity (Wildman–Crippen MR) is 71.4 cm³/mol. The second-order valence-electron chi connectivity index (χ2n) is 3.81. The topological polar surface area (TPSA) is 67.4 Å². The molecule has 1 unspecified atom stereocenters. The molecule has 3 amide bonds. The van der Waals surface area contributed by atoms with Crippen LogP contribution >= 0.6 is 15.9 Å². The molecule has 8 heteroatoms. The van der Waals surface area contributed by atoms with Crippen LogP contribution in [0.5, 0.6) is 5.75 Å². The Morgan fingerprint density at radius 1 is 1.40 bits per heavy atom. The number of imide groups is 1. The fourth-order valence-electron chi connectivity index (χ4n) is 1.28. The maximum absolute atomic E-state index is 13.5. The number of amides is 3. The number of hydrogen-bond donors (Lipinski definition) is 2. The fourth-order valence-corrected chi connectivity index (χ4v) is 1.69. The highest BCUT2D eigenvalue weighted by atomic mass is 79.9. The molecule has 0 aliphatic rings. The van der Waals surface area contributed by atoms with Crippen LogP contribution < -0.4 is 15.4 Å². The van der Waals surface area contributed by atoms with E-state index < -0.39 is 35.4 Å². The van der Waals surface area contributed by atoms with Crippen LogP contribution in [0, 0.1) is 11.6 Å². The lowest BCUT2D eigenvalue weighted by atomic mass is 10.3. The number of rotatable bonds is 4. The highest BCUT2D eigenvalue weighted by Gasteiger charge is 2.20. The molecule has 2 N–H and O–H groups in total. The second kappa shape index (κ2) is 7.18. The molecule has 5 nitrogen and oxygen atoms in total. The Kier molecular flexibility index (Phi) is 5.87. The predicted octanol–water partition coefficient (Wildman–Crippen LogP) is 2.34. The number of benzene rings is 1. The van der Waals surface area contributed by atoms with Crippen LogP contribution in [0.1, 0.15) is 13.8 Å². The highest BCUT2D eigenvalue weighted by Crippen LogP contribution is 2.26. The van der Waals surface area contributed by atoms with Gasteiger partial charge in [-0.1, -0.05) is 15.9 Å². The molecular weight excluding hydrogens is 338 g/mol. The van der Waals surface area contributed by atoms with Gasteiger partial charge in [-0.05, 0) is 26.0 Å². The molecule has 0 fully saturated rings. The van der Waals surface area contributed by atoms with Gasteiger partial charge in [0.1, 0.15) is 0 Å². The minimum atomic E-state index is -1.20. The Morgan fingerprint density at radius 3 is 2.65 bits per heavy atom. The Bertz CT molecular complexity index is 526. The molecule has 0 aliphatic carbocycles. The largest absolute Gasteiger partial charge is 0.478 e. The van der Waals surface area contributed by atoms with E-state index >= 15 is 0 Å². The molecule has 20 heavy (non-hydrogen) atoms. The molecule has 1 rings (SSSR count). The maximum atomic E-state index is 13.5. The first-order valence-electron chi connectivity index (χ1n) is 5.75. The van der Waals surface area contributed by atoms with E-state index in [-0.39, 0.29) is 4.47 Å². The van der Waals surface area contributed by atoms with Crippen LogP contribution in [0.15, 0.2) is 16.6 Å². The summed E-state index contributed by atoms with van der Waals surface area (Å²) < 4.78 is 31.9. The Balaban J connectivity index is 2.73. The van der Waals surface area contributed by atoms with Crippen molar-refractivity contribution in [2.45, 2.75) is 20.0 Å². The second-order valence-corrected chi connectivity index (χ2v) is 4.72. The average Bonchev–Trinajstić information content (AvgIpc) is 2.35. The average molecular weight is 351 g/mol. The molecule has 110 valence electrons. The summed E-state index contributed by atoms with van der Waals surface area (Å²) in [6, 6.07) is 1.43. The van der Waals surface area contributed by atoms with Gasteiger partial charge in [-0.3, -0.25) is 10.1 Å². The first-order valence-corrected chi connectivity index (χ1v) is 6.54. The molecule has 1 aromatic rings. The number of hydrogen-bond acceptors (Lipinski definition) is 3. The third kappa shape index (κ3) is 4.44. The number of urea groups is 1. The molecule has 0 radical (unpaired) electrons. The summed E-state index contributed by atoms with van der Waals surface area (Å²) in [5.41, 5.74) is 0. The first kappa shape index (κ1) is 16.4. The van der Waals surface area contributed by atoms with E-state index in [2.05, 4.69) is 21.2 Å². The standard InChI is InChI=1S/C12H13BrF2N2O3/c1-3-16-12(19)17-11(18)6(2)20-9-5-7(13)4-8(14)10(9)15/h4-6H,3H2,1-2H3,(H2,16,17,18,19). The molecule has 0 saturated heterocycles. The van der Waals surface area contributed by atoms with Crippen molar-refractivity contribution in [3.63, 3.8) is 0 Å². The third-order valence-electron chi connectivity index (χ3n) is 2.21. The number of ether oxygens (including phenoxy) is 1. The van der Waals surface area contributed by atoms with Crippen molar-refractivity contribution >= 4 is 27.9 Å². The summed E-state index contributed by atoms with van der Waals surface area (Å²) in [6.45, 7) is 3.34. The van der Waals surface area contributed by atoms with Crippen molar-refractivity contribution in [3.8, 4) is 5.75 Å². The van der Waals surface area contributed by atoms with Crippen LogP contribution in [0.25, 0.3) is 0 Å². The lowest BCUT2D eigenvalue weighted by Crippen LogP contribution is -2.45. The quantitative estimate of drug-likeness (QED) is 0.819. The van der Waals surface area contributed by atoms with Gasteiger partial charge < -0.3 is 10.1 Å². The summed E-state index contributed by atoms with van der Waals surface area (Å²) in [4.78, 5) is 22.7. The van der Waals surface area contributed by atoms with E-state index in [0.29, 0.717) is 6.54 Å². The number of carbonyl (C=O) groups is 2. The number of nitrogens with one attached hydrogen (secondary N) is 2. The molecule has 0 heterocycles. The summed E-state index contributed by atoms with van der Waals surface area (Å²) in [5.74, 6) is -3.50. The van der Waals surface area contributed by atoms with Crippen molar-refractivity contribution in [1.82, 2.24) is 10.6 Å². The number of carbonyl (C=O) groups excluding carboxylic acids is 2. The van der Waals surface area contributed by atoms with Crippen LogP contribution in [0.2, 0.25) is 0 Å². The van der Waals surface area contributed by atoms with Gasteiger partial charge in [-0.25, -0.2) is 9.18 Å². The van der Waals surface area contributed by atoms with E-state index in [9.17, 15) is 18.4 Å². The van der Waals surface area contributed by atoms with Crippen molar-refractivity contribution in [3.05, 3.63) is 28.2 Å². The zero-order valence-electron chi connectivity index (χ0n) is 10.8. The molecule has 0 aliphatic heterocycles. The van der Waals surface area contributed by atoms with E-state index in [1.54, 1.807) is 6.92 Å². The van der Waals surface area contributed by atoms with Crippen LogP contribution in [0.3, 0.4) is 0 Å². The van der Waals surface area contributed by atoms with Gasteiger partial charge in [0.05, 0.1) is 0 Å². The summed E-state index contributed by atoms with van der Waals surface area (Å²) in [7, 11) is 0. The minimum Gasteiger partial charge on any atom is -0.478 e. The fraction of sp³-hybridized carbons (Fsp3) is 0.333. The zero-order chi connectivity index (χ0) is 15.3. The Hall–Kier alpha value is -1.70. The Morgan fingerprint density at radius 2 is 2.05 bits per heavy atom. The van der Waals surface area contributed by atoms with Crippen LogP contribution in [-0.4, -0.2) is 24.6 Å². The SMILES string of the molecule is CCNC(=O)NC(=O)C(C)Oc1cc(Br)cc(F)c1F. The molecule has 0 bridgehead atoms. The van der Waals surface area contributed by atoms with Gasteiger partial charge >= 0.3 is 6.03 Å². The van der Waals surface area contributed by atoms with Crippen molar-refractivity contribution in [2.75, 3.05) is 6.54 Å². The van der Waals surface area contributed by atoms with E-state index in [4.69, 9.17) is 4.74 Å². The maximum Gasteiger partial charge on any atom is 0.321 e. The van der Waals surface area contributed by atoms with Gasteiger partial charge in [-0.15, -0.1) is 0 Å². The monoisotopic (exact) mass is 350 g/mol. The molecular formula is C12H13BrF2N2O3. The third-order valence-corrected chi connectivity index (χ3v) is 2.66. The highest BCUT2D eigenvalue weighted by molar-refractivity contribution is 9.10. The van der Waals surface area contributed by atoms with Gasteiger partial charge in [0.25, 0.3) is 5.91 Å². The van der Waals surface area contributed by atoms with Gasteiger partial charge in [0, 0.05) is 11.0 Å². The molecule has 0 saturated carbocycles. The lowest BCUT2D eigenvalue weighted by Gasteiger charge is -2.15. The van der Waals surface area contributed by atoms with Gasteiger partial charge in [0.15, 0.2) is 17.7 Å². The van der Waals surface area contributed by atoms with Crippen LogP contribution in [-0.2, 0) is 4.79 Å². The summed E-state index contributed by atoms with van der Waals surface area (Å²) in [5, 5.41) is 4.36. The molecule has 1 aromatic carbocycles. The molecule has 0 spiro atoms. The smallest absolute Gasteiger partial charge is 0.321 e. The van der Waals surface area contributed by atoms with Gasteiger partial charge in [-0.2, -0.15) is 4.39 Å². The summed E-state index contributed by atoms with van der Waals surface area (Å²) in [6.07, 6.45) is -1.17. The minimum absolute atomic E-state index is 0.266. The van der Waals surface area contributed by atoms with Crippen molar-refractivity contribution < 1.29 is 23.1 Å². The lowest BCUT2D eigenvalue weighted by molar-refractivity contribution is -0.126.